The summed E-state index contributed by atoms with van der Waals surface area (Å²) in [7, 11) is -2.53. The van der Waals surface area contributed by atoms with Crippen LogP contribution in [0.5, 0.6) is 0 Å². The summed E-state index contributed by atoms with van der Waals surface area (Å²) in [5, 5.41) is 17.2. The van der Waals surface area contributed by atoms with Gasteiger partial charge in [0.1, 0.15) is 23.2 Å². The van der Waals surface area contributed by atoms with E-state index in [1.165, 1.54) is 72.9 Å². The average molecular weight is 688 g/mol. The maximum atomic E-state index is 14.2. The third-order valence-electron chi connectivity index (χ3n) is 17.7. The maximum Gasteiger partial charge on any atom is 0.193 e. The Labute approximate surface area is 305 Å². The highest BCUT2D eigenvalue weighted by Crippen LogP contribution is 2.82. The van der Waals surface area contributed by atoms with Crippen LogP contribution in [0.2, 0.25) is 0 Å². The quantitative estimate of drug-likeness (QED) is 0.209. The van der Waals surface area contributed by atoms with Crippen molar-refractivity contribution in [2.75, 3.05) is 0 Å². The Morgan fingerprint density at radius 1 is 0.600 bits per heavy atom. The van der Waals surface area contributed by atoms with Gasteiger partial charge < -0.3 is 5.11 Å². The zero-order valence-corrected chi connectivity index (χ0v) is 33.1. The molecule has 3 aromatic rings. The predicted octanol–water partition coefficient (Wildman–Crippen LogP) is 11.3. The van der Waals surface area contributed by atoms with Crippen molar-refractivity contribution in [3.63, 3.8) is 0 Å². The first kappa shape index (κ1) is 34.9. The molecular formula is C48H64OP+. The molecule has 0 bridgehead atoms. The molecule has 5 aliphatic rings. The van der Waals surface area contributed by atoms with Crippen LogP contribution in [0.15, 0.2) is 103 Å². The van der Waals surface area contributed by atoms with E-state index in [2.05, 4.69) is 146 Å². The van der Waals surface area contributed by atoms with Crippen LogP contribution < -0.4 is 15.9 Å². The number of rotatable bonds is 5. The summed E-state index contributed by atoms with van der Waals surface area (Å²) in [5.74, 6) is 3.43. The molecule has 0 aromatic heterocycles. The van der Waals surface area contributed by atoms with Gasteiger partial charge in [0.15, 0.2) is 5.34 Å². The maximum absolute atomic E-state index is 14.2. The monoisotopic (exact) mass is 687 g/mol. The van der Waals surface area contributed by atoms with Crippen LogP contribution in [0.1, 0.15) is 113 Å². The van der Waals surface area contributed by atoms with Gasteiger partial charge in [0, 0.05) is 11.8 Å². The SMILES string of the molecule is C=C(C)[C@@H]1CC[C@]2(C)CC[C@]3(C)[C@H](CC[C@@H]4[C@@]5(C)CC[C@](O)([P+](c6ccccc6)(c6ccccc6)c6ccccc6)C(C)(C)[C@@H]5CC[C@]43C)[C@@H]12. The Bertz CT molecular complexity index is 1630. The molecule has 0 heterocycles. The third-order valence-corrected chi connectivity index (χ3v) is 22.8. The molecule has 266 valence electrons. The normalized spacial score (nSPS) is 42.0. The Kier molecular flexibility index (Phi) is 8.12. The van der Waals surface area contributed by atoms with Gasteiger partial charge in [-0.05, 0) is 152 Å². The Morgan fingerprint density at radius 3 is 1.66 bits per heavy atom. The van der Waals surface area contributed by atoms with Crippen molar-refractivity contribution in [1.29, 1.82) is 0 Å². The molecule has 10 atom stereocenters. The minimum absolute atomic E-state index is 0.195. The van der Waals surface area contributed by atoms with Gasteiger partial charge in [0.05, 0.1) is 0 Å². The summed E-state index contributed by atoms with van der Waals surface area (Å²) < 4.78 is 0. The molecule has 50 heavy (non-hydrogen) atoms. The summed E-state index contributed by atoms with van der Waals surface area (Å²) >= 11 is 0. The highest BCUT2D eigenvalue weighted by atomic mass is 31.2. The highest BCUT2D eigenvalue weighted by Gasteiger charge is 2.77. The summed E-state index contributed by atoms with van der Waals surface area (Å²) in [4.78, 5) is 0. The van der Waals surface area contributed by atoms with E-state index < -0.39 is 12.6 Å². The van der Waals surface area contributed by atoms with Crippen molar-refractivity contribution in [1.82, 2.24) is 0 Å². The first-order chi connectivity index (χ1) is 23.7. The fraction of sp³-hybridized carbons (Fsp3) is 0.583. The molecule has 0 unspecified atom stereocenters. The van der Waals surface area contributed by atoms with E-state index in [-0.39, 0.29) is 10.8 Å². The molecule has 0 radical (unpaired) electrons. The van der Waals surface area contributed by atoms with Gasteiger partial charge in [-0.1, -0.05) is 108 Å². The summed E-state index contributed by atoms with van der Waals surface area (Å²) in [5.41, 5.74) is 2.51. The Morgan fingerprint density at radius 2 is 1.14 bits per heavy atom. The lowest BCUT2D eigenvalue weighted by molar-refractivity contribution is -0.251. The van der Waals surface area contributed by atoms with Crippen molar-refractivity contribution in [2.45, 2.75) is 118 Å². The van der Waals surface area contributed by atoms with Crippen LogP contribution in [0.25, 0.3) is 0 Å². The second kappa shape index (κ2) is 11.6. The summed E-state index contributed by atoms with van der Waals surface area (Å²) in [6.07, 6.45) is 12.7. The van der Waals surface area contributed by atoms with Crippen molar-refractivity contribution in [2.24, 2.45) is 56.7 Å². The van der Waals surface area contributed by atoms with Crippen LogP contribution in [0.4, 0.5) is 0 Å². The standard InChI is InChI=1S/C48H64OP/c1-34(2)38-26-28-44(5)30-32-46(7)39(42(38)44)24-25-41-45(6)31-33-48(49,43(3,4)40(45)27-29-47(41,46)8)50(35-18-12-9-13-19-35,36-20-14-10-15-21-36)37-22-16-11-17-23-37/h9-23,38-42,49H,1,24-33H2,2-8H3/q+1/t38-,39+,40-,41+,42+,44+,45-,46+,47+,48-/m0/s1. The predicted molar refractivity (Wildman–Crippen MR) is 215 cm³/mol. The van der Waals surface area contributed by atoms with Crippen LogP contribution in [0, 0.1) is 56.7 Å². The van der Waals surface area contributed by atoms with Gasteiger partial charge in [0.2, 0.25) is 0 Å². The van der Waals surface area contributed by atoms with Gasteiger partial charge in [-0.25, -0.2) is 0 Å². The van der Waals surface area contributed by atoms with E-state index in [1.54, 1.807) is 0 Å². The van der Waals surface area contributed by atoms with Crippen LogP contribution in [-0.4, -0.2) is 10.4 Å². The molecule has 0 amide bonds. The lowest BCUT2D eigenvalue weighted by Gasteiger charge is -2.73. The fourth-order valence-electron chi connectivity index (χ4n) is 15.1. The molecule has 0 saturated heterocycles. The van der Waals surface area contributed by atoms with Crippen molar-refractivity contribution < 1.29 is 5.11 Å². The van der Waals surface area contributed by atoms with E-state index in [0.29, 0.717) is 34.0 Å². The molecule has 0 aliphatic heterocycles. The highest BCUT2D eigenvalue weighted by molar-refractivity contribution is 7.96. The summed E-state index contributed by atoms with van der Waals surface area (Å²) in [6, 6.07) is 33.6. The molecule has 1 N–H and O–H groups in total. The number of hydrogen-bond acceptors (Lipinski definition) is 1. The zero-order chi connectivity index (χ0) is 35.4. The fourth-order valence-corrected chi connectivity index (χ4v) is 20.6. The number of benzene rings is 3. The lowest BCUT2D eigenvalue weighted by Crippen LogP contribution is -2.69. The summed E-state index contributed by atoms with van der Waals surface area (Å²) in [6.45, 7) is 22.8. The van der Waals surface area contributed by atoms with Crippen LogP contribution in [0.3, 0.4) is 0 Å². The Balaban J connectivity index is 1.24. The van der Waals surface area contributed by atoms with E-state index in [4.69, 9.17) is 0 Å². The molecule has 0 spiro atoms. The van der Waals surface area contributed by atoms with Gasteiger partial charge in [-0.2, -0.15) is 0 Å². The molecule has 8 rings (SSSR count). The lowest BCUT2D eigenvalue weighted by atomic mass is 9.32. The van der Waals surface area contributed by atoms with Crippen LogP contribution in [-0.2, 0) is 0 Å². The number of allylic oxidation sites excluding steroid dienone is 1. The molecule has 2 heteroatoms. The number of fused-ring (bicyclic) bond motifs is 7. The van der Waals surface area contributed by atoms with Gasteiger partial charge in [-0.15, -0.1) is 0 Å². The minimum Gasteiger partial charge on any atom is -0.355 e. The molecule has 3 aromatic carbocycles. The van der Waals surface area contributed by atoms with E-state index in [9.17, 15) is 5.11 Å². The average Bonchev–Trinajstić information content (AvgIpc) is 3.47. The minimum atomic E-state index is -2.53. The van der Waals surface area contributed by atoms with E-state index in [0.717, 1.165) is 24.7 Å². The smallest absolute Gasteiger partial charge is 0.193 e. The topological polar surface area (TPSA) is 20.2 Å². The molecule has 5 fully saturated rings. The van der Waals surface area contributed by atoms with Gasteiger partial charge >= 0.3 is 0 Å². The Hall–Kier alpha value is -2.21. The molecule has 1 nitrogen and oxygen atoms in total. The number of hydrogen-bond donors (Lipinski definition) is 1. The van der Waals surface area contributed by atoms with Gasteiger partial charge in [-0.3, -0.25) is 0 Å². The molecular weight excluding hydrogens is 624 g/mol. The van der Waals surface area contributed by atoms with Crippen molar-refractivity contribution in [3.05, 3.63) is 103 Å². The first-order valence-electron chi connectivity index (χ1n) is 20.1. The molecule has 5 aliphatic carbocycles. The second-order valence-corrected chi connectivity index (χ2v) is 23.2. The van der Waals surface area contributed by atoms with Crippen molar-refractivity contribution in [3.8, 4) is 0 Å². The largest absolute Gasteiger partial charge is 0.355 e. The number of aliphatic hydroxyl groups is 1. The van der Waals surface area contributed by atoms with E-state index in [1.807, 2.05) is 0 Å². The van der Waals surface area contributed by atoms with E-state index >= 15 is 0 Å². The van der Waals surface area contributed by atoms with Crippen molar-refractivity contribution >= 4 is 23.2 Å². The van der Waals surface area contributed by atoms with Gasteiger partial charge in [0.25, 0.3) is 0 Å². The third kappa shape index (κ3) is 4.32. The van der Waals surface area contributed by atoms with Crippen LogP contribution >= 0.6 is 7.26 Å². The molecule has 5 saturated carbocycles. The first-order valence-corrected chi connectivity index (χ1v) is 21.9. The second-order valence-electron chi connectivity index (χ2n) is 19.6. The zero-order valence-electron chi connectivity index (χ0n) is 32.2.